The Labute approximate surface area is 227 Å². The molecule has 9 heteroatoms. The van der Waals surface area contributed by atoms with Crippen molar-refractivity contribution >= 4 is 11.7 Å². The Kier molecular flexibility index (Phi) is 11.3. The smallest absolute Gasteiger partial charge is 0.352 e. The molecule has 0 aromatic heterocycles. The summed E-state index contributed by atoms with van der Waals surface area (Å²) in [7, 11) is 0. The third kappa shape index (κ3) is 10.1. The lowest BCUT2D eigenvalue weighted by Gasteiger charge is -2.28. The van der Waals surface area contributed by atoms with Crippen molar-refractivity contribution < 1.29 is 35.9 Å². The predicted molar refractivity (Wildman–Crippen MR) is 138 cm³/mol. The molecule has 1 N–H and O–H groups in total. The quantitative estimate of drug-likeness (QED) is 0.216. The van der Waals surface area contributed by atoms with Crippen molar-refractivity contribution in [2.24, 2.45) is 23.7 Å². The number of carbonyl (C=O) groups excluding carboxylic acids is 2. The predicted octanol–water partition coefficient (Wildman–Crippen LogP) is 9.00. The molecule has 2 saturated carbocycles. The number of carbonyl (C=O) groups is 2. The lowest BCUT2D eigenvalue weighted by atomic mass is 9.79. The fourth-order valence-corrected chi connectivity index (χ4v) is 6.02. The minimum Gasteiger partial charge on any atom is -0.352 e. The molecule has 3 nitrogen and oxygen atoms in total. The maximum Gasteiger partial charge on any atom is 0.416 e. The van der Waals surface area contributed by atoms with Crippen LogP contribution in [0, 0.1) is 23.7 Å². The van der Waals surface area contributed by atoms with E-state index < -0.39 is 35.0 Å². The maximum atomic E-state index is 13.1. The highest BCUT2D eigenvalue weighted by Crippen LogP contribution is 2.37. The van der Waals surface area contributed by atoms with Crippen LogP contribution in [0.4, 0.5) is 26.3 Å². The number of benzene rings is 1. The minimum atomic E-state index is -4.99. The van der Waals surface area contributed by atoms with E-state index in [1.807, 2.05) is 0 Å². The van der Waals surface area contributed by atoms with E-state index in [2.05, 4.69) is 12.2 Å². The summed E-state index contributed by atoms with van der Waals surface area (Å²) < 4.78 is 78.4. The summed E-state index contributed by atoms with van der Waals surface area (Å²) in [5.74, 6) is 1.31. The van der Waals surface area contributed by atoms with Gasteiger partial charge in [0.1, 0.15) is 5.78 Å². The summed E-state index contributed by atoms with van der Waals surface area (Å²) in [5.41, 5.74) is -3.62. The van der Waals surface area contributed by atoms with Gasteiger partial charge in [-0.3, -0.25) is 9.59 Å². The van der Waals surface area contributed by atoms with Gasteiger partial charge in [-0.05, 0) is 68.1 Å². The van der Waals surface area contributed by atoms with Crippen molar-refractivity contribution in [2.45, 2.75) is 109 Å². The van der Waals surface area contributed by atoms with Crippen molar-refractivity contribution in [2.75, 3.05) is 6.54 Å². The largest absolute Gasteiger partial charge is 0.416 e. The molecule has 0 radical (unpaired) electrons. The molecule has 0 unspecified atom stereocenters. The van der Waals surface area contributed by atoms with E-state index in [1.165, 1.54) is 12.8 Å². The number of rotatable bonds is 11. The highest BCUT2D eigenvalue weighted by molar-refractivity contribution is 5.94. The van der Waals surface area contributed by atoms with Crippen LogP contribution in [0.5, 0.6) is 0 Å². The van der Waals surface area contributed by atoms with Crippen molar-refractivity contribution in [3.8, 4) is 0 Å². The van der Waals surface area contributed by atoms with Gasteiger partial charge >= 0.3 is 12.4 Å². The second kappa shape index (κ2) is 14.0. The number of nitrogens with one attached hydrogen (secondary N) is 1. The van der Waals surface area contributed by atoms with Crippen LogP contribution in [0.1, 0.15) is 118 Å². The third-order valence-corrected chi connectivity index (χ3v) is 8.62. The highest BCUT2D eigenvalue weighted by atomic mass is 19.4. The molecular weight excluding hydrogens is 520 g/mol. The zero-order chi connectivity index (χ0) is 28.6. The van der Waals surface area contributed by atoms with Crippen molar-refractivity contribution in [1.82, 2.24) is 5.32 Å². The van der Waals surface area contributed by atoms with Crippen LogP contribution in [0.3, 0.4) is 0 Å². The first-order valence-electron chi connectivity index (χ1n) is 14.4. The second-order valence-corrected chi connectivity index (χ2v) is 11.8. The van der Waals surface area contributed by atoms with Gasteiger partial charge in [0.25, 0.3) is 5.91 Å². The van der Waals surface area contributed by atoms with E-state index in [1.54, 1.807) is 0 Å². The molecule has 3 rings (SSSR count). The van der Waals surface area contributed by atoms with Gasteiger partial charge in [-0.2, -0.15) is 26.3 Å². The molecule has 2 fully saturated rings. The Bertz CT molecular complexity index is 910. The number of alkyl halides is 6. The molecule has 39 heavy (non-hydrogen) atoms. The van der Waals surface area contributed by atoms with E-state index >= 15 is 0 Å². The lowest BCUT2D eigenvalue weighted by molar-refractivity contribution is -0.143. The first kappa shape index (κ1) is 31.5. The normalized spacial score (nSPS) is 24.4. The number of amides is 1. The van der Waals surface area contributed by atoms with E-state index in [0.717, 1.165) is 76.5 Å². The molecule has 0 heterocycles. The van der Waals surface area contributed by atoms with Gasteiger partial charge in [0.15, 0.2) is 0 Å². The average molecular weight is 562 g/mol. The Morgan fingerprint density at radius 3 is 1.85 bits per heavy atom. The first-order valence-corrected chi connectivity index (χ1v) is 14.4. The van der Waals surface area contributed by atoms with Gasteiger partial charge in [0, 0.05) is 24.4 Å². The van der Waals surface area contributed by atoms with Crippen molar-refractivity contribution in [3.05, 3.63) is 34.9 Å². The minimum absolute atomic E-state index is 0.0233. The molecular formula is C30H41F6NO2. The molecule has 2 aliphatic rings. The number of hydrogen-bond donors (Lipinski definition) is 1. The van der Waals surface area contributed by atoms with E-state index in [9.17, 15) is 35.9 Å². The number of hydrogen-bond acceptors (Lipinski definition) is 2. The van der Waals surface area contributed by atoms with Crippen LogP contribution < -0.4 is 5.32 Å². The molecule has 1 aromatic carbocycles. The van der Waals surface area contributed by atoms with Gasteiger partial charge in [-0.1, -0.05) is 58.3 Å². The van der Waals surface area contributed by atoms with E-state index in [-0.39, 0.29) is 24.4 Å². The number of Topliss-reactive ketones (excluding diaryl/α,β-unsaturated/α-hetero) is 1. The summed E-state index contributed by atoms with van der Waals surface area (Å²) in [6, 6.07) is 0.955. The Morgan fingerprint density at radius 2 is 1.28 bits per heavy atom. The highest BCUT2D eigenvalue weighted by Gasteiger charge is 2.37. The number of unbranched alkanes of at least 4 members (excludes halogenated alkanes) is 3. The summed E-state index contributed by atoms with van der Waals surface area (Å²) in [6.07, 6.45) is 4.31. The molecule has 220 valence electrons. The van der Waals surface area contributed by atoms with Gasteiger partial charge in [0.05, 0.1) is 11.1 Å². The molecule has 1 amide bonds. The first-order chi connectivity index (χ1) is 18.3. The van der Waals surface area contributed by atoms with Gasteiger partial charge in [-0.15, -0.1) is 0 Å². The SMILES string of the molecule is CC1CCC(C(=O)CCCCCCC2CCC(CNC(=O)c3cc(C(F)(F)F)cc(C(F)(F)F)c3)CC2)CC1. The molecule has 0 aliphatic heterocycles. The van der Waals surface area contributed by atoms with Crippen molar-refractivity contribution in [3.63, 3.8) is 0 Å². The monoisotopic (exact) mass is 561 g/mol. The number of ketones is 1. The summed E-state index contributed by atoms with van der Waals surface area (Å²) in [4.78, 5) is 24.8. The Hall–Kier alpha value is -2.06. The van der Waals surface area contributed by atoms with Crippen LogP contribution in [0.2, 0.25) is 0 Å². The van der Waals surface area contributed by atoms with Crippen LogP contribution >= 0.6 is 0 Å². The average Bonchev–Trinajstić information content (AvgIpc) is 2.89. The maximum absolute atomic E-state index is 13.1. The molecule has 0 bridgehead atoms. The van der Waals surface area contributed by atoms with Crippen LogP contribution in [-0.2, 0) is 17.1 Å². The molecule has 2 aliphatic carbocycles. The van der Waals surface area contributed by atoms with Crippen LogP contribution in [0.25, 0.3) is 0 Å². The standard InChI is InChI=1S/C30H41F6NO2/c1-20-8-14-23(15-9-20)27(38)7-5-3-2-4-6-21-10-12-22(13-11-21)19-37-28(39)24-16-25(29(31,32)33)18-26(17-24)30(34,35)36/h16-18,20-23H,2-15,19H2,1H3,(H,37,39). The summed E-state index contributed by atoms with van der Waals surface area (Å²) in [6.45, 7) is 2.49. The van der Waals surface area contributed by atoms with E-state index in [4.69, 9.17) is 0 Å². The van der Waals surface area contributed by atoms with E-state index in [0.29, 0.717) is 30.3 Å². The molecule has 0 saturated heterocycles. The Morgan fingerprint density at radius 1 is 0.744 bits per heavy atom. The zero-order valence-corrected chi connectivity index (χ0v) is 22.7. The summed E-state index contributed by atoms with van der Waals surface area (Å²) in [5, 5.41) is 2.54. The Balaban J connectivity index is 1.32. The zero-order valence-electron chi connectivity index (χ0n) is 22.7. The van der Waals surface area contributed by atoms with Gasteiger partial charge in [-0.25, -0.2) is 0 Å². The fourth-order valence-electron chi connectivity index (χ4n) is 6.02. The molecule has 0 atom stereocenters. The molecule has 0 spiro atoms. The second-order valence-electron chi connectivity index (χ2n) is 11.8. The lowest BCUT2D eigenvalue weighted by Crippen LogP contribution is -2.31. The third-order valence-electron chi connectivity index (χ3n) is 8.62. The topological polar surface area (TPSA) is 46.2 Å². The number of halogens is 6. The fraction of sp³-hybridized carbons (Fsp3) is 0.733. The van der Waals surface area contributed by atoms with Gasteiger partial charge < -0.3 is 5.32 Å². The van der Waals surface area contributed by atoms with Crippen molar-refractivity contribution in [1.29, 1.82) is 0 Å². The summed E-state index contributed by atoms with van der Waals surface area (Å²) >= 11 is 0. The molecule has 1 aromatic rings. The van der Waals surface area contributed by atoms with Crippen LogP contribution in [-0.4, -0.2) is 18.2 Å². The van der Waals surface area contributed by atoms with Gasteiger partial charge in [0.2, 0.25) is 0 Å². The van der Waals surface area contributed by atoms with Crippen LogP contribution in [0.15, 0.2) is 18.2 Å².